The largest absolute Gasteiger partial charge is 0.367 e. The topological polar surface area (TPSA) is 87.4 Å². The van der Waals surface area contributed by atoms with E-state index in [4.69, 9.17) is 0 Å². The van der Waals surface area contributed by atoms with Gasteiger partial charge in [-0.1, -0.05) is 72.8 Å². The Kier molecular flexibility index (Phi) is 8.86. The Morgan fingerprint density at radius 2 is 1.09 bits per heavy atom. The van der Waals surface area contributed by atoms with Gasteiger partial charge in [-0.2, -0.15) is 0 Å². The van der Waals surface area contributed by atoms with E-state index in [0.717, 1.165) is 28.1 Å². The van der Waals surface area contributed by atoms with Crippen molar-refractivity contribution in [3.8, 4) is 0 Å². The zero-order valence-corrected chi connectivity index (χ0v) is 19.2. The molecule has 0 heterocycles. The number of hydrogen-bond donors (Lipinski definition) is 4. The molecule has 3 aromatic carbocycles. The Morgan fingerprint density at radius 3 is 1.55 bits per heavy atom. The van der Waals surface area contributed by atoms with Crippen LogP contribution >= 0.6 is 0 Å². The van der Waals surface area contributed by atoms with Gasteiger partial charge in [-0.15, -0.1) is 0 Å². The van der Waals surface area contributed by atoms with Crippen LogP contribution in [0, 0.1) is 0 Å². The highest BCUT2D eigenvalue weighted by Gasteiger charge is 2.27. The lowest BCUT2D eigenvalue weighted by atomic mass is 9.83. The molecule has 176 valence electrons. The number of rotatable bonds is 11. The van der Waals surface area contributed by atoms with Crippen molar-refractivity contribution >= 4 is 11.4 Å². The summed E-state index contributed by atoms with van der Waals surface area (Å²) < 4.78 is 0. The number of hydrogen-bond acceptors (Lipinski definition) is 6. The fourth-order valence-electron chi connectivity index (χ4n) is 4.39. The summed E-state index contributed by atoms with van der Waals surface area (Å²) in [4.78, 5) is 3.85. The highest BCUT2D eigenvalue weighted by molar-refractivity contribution is 5.77. The standard InChI is InChI=1S/C27H34N2O4/c1-3-28(18-24(30)31)23-17-11-16-22(27(23)29(4-2)19-25(32)33)26(20-12-7-5-8-13-20)21-14-9-6-10-15-21/h5-17,24-26,30-33H,3-4,18-19H2,1-2H3. The SMILES string of the molecule is CCN(CC(O)O)c1cccc(C(c2ccccc2)c2ccccc2)c1N(CC)CC(O)O. The minimum Gasteiger partial charge on any atom is -0.367 e. The highest BCUT2D eigenvalue weighted by Crippen LogP contribution is 2.42. The van der Waals surface area contributed by atoms with E-state index < -0.39 is 12.6 Å². The van der Waals surface area contributed by atoms with Gasteiger partial charge in [0.25, 0.3) is 0 Å². The van der Waals surface area contributed by atoms with Crippen molar-refractivity contribution in [1.82, 2.24) is 0 Å². The van der Waals surface area contributed by atoms with Gasteiger partial charge in [-0.05, 0) is 36.6 Å². The molecule has 0 fully saturated rings. The average Bonchev–Trinajstić information content (AvgIpc) is 2.82. The fourth-order valence-corrected chi connectivity index (χ4v) is 4.39. The molecule has 0 aliphatic heterocycles. The molecule has 0 atom stereocenters. The molecular formula is C27H34N2O4. The first-order valence-electron chi connectivity index (χ1n) is 11.4. The molecule has 0 spiro atoms. The molecule has 4 N–H and O–H groups in total. The van der Waals surface area contributed by atoms with E-state index in [1.54, 1.807) is 0 Å². The van der Waals surface area contributed by atoms with Gasteiger partial charge in [0, 0.05) is 19.0 Å². The first-order chi connectivity index (χ1) is 16.0. The third kappa shape index (κ3) is 6.12. The predicted molar refractivity (Wildman–Crippen MR) is 132 cm³/mol. The van der Waals surface area contributed by atoms with Gasteiger partial charge in [0.15, 0.2) is 12.6 Å². The van der Waals surface area contributed by atoms with Gasteiger partial charge < -0.3 is 30.2 Å². The number of anilines is 2. The maximum atomic E-state index is 9.83. The Hall–Kier alpha value is -2.90. The lowest BCUT2D eigenvalue weighted by Crippen LogP contribution is -2.37. The molecule has 6 nitrogen and oxygen atoms in total. The number of aliphatic hydroxyl groups is 4. The van der Waals surface area contributed by atoms with Crippen molar-refractivity contribution in [2.75, 3.05) is 36.0 Å². The molecule has 6 heteroatoms. The van der Waals surface area contributed by atoms with Gasteiger partial charge in [-0.25, -0.2) is 0 Å². The average molecular weight is 451 g/mol. The molecule has 3 aromatic rings. The fraction of sp³-hybridized carbons (Fsp3) is 0.333. The first-order valence-corrected chi connectivity index (χ1v) is 11.4. The third-order valence-electron chi connectivity index (χ3n) is 5.81. The number of para-hydroxylation sites is 1. The van der Waals surface area contributed by atoms with Crippen LogP contribution < -0.4 is 9.80 Å². The third-order valence-corrected chi connectivity index (χ3v) is 5.81. The maximum absolute atomic E-state index is 9.83. The second-order valence-corrected chi connectivity index (χ2v) is 8.01. The summed E-state index contributed by atoms with van der Waals surface area (Å²) in [5, 5.41) is 39.1. The van der Waals surface area contributed by atoms with Crippen LogP contribution in [-0.2, 0) is 0 Å². The Morgan fingerprint density at radius 1 is 0.606 bits per heavy atom. The van der Waals surface area contributed by atoms with Crippen LogP contribution in [0.15, 0.2) is 78.9 Å². The molecule has 0 saturated heterocycles. The van der Waals surface area contributed by atoms with Crippen molar-refractivity contribution in [2.24, 2.45) is 0 Å². The Balaban J connectivity index is 2.29. The smallest absolute Gasteiger partial charge is 0.169 e. The van der Waals surface area contributed by atoms with E-state index in [2.05, 4.69) is 30.3 Å². The first kappa shape index (κ1) is 24.7. The van der Waals surface area contributed by atoms with Crippen LogP contribution in [0.4, 0.5) is 11.4 Å². The highest BCUT2D eigenvalue weighted by atomic mass is 16.5. The van der Waals surface area contributed by atoms with Crippen LogP contribution in [0.1, 0.15) is 36.5 Å². The minimum absolute atomic E-state index is 0.0377. The summed E-state index contributed by atoms with van der Waals surface area (Å²) in [6.45, 7) is 5.14. The molecule has 0 amide bonds. The van der Waals surface area contributed by atoms with Crippen LogP contribution in [0.5, 0.6) is 0 Å². The summed E-state index contributed by atoms with van der Waals surface area (Å²) in [7, 11) is 0. The van der Waals surface area contributed by atoms with E-state index in [1.165, 1.54) is 0 Å². The summed E-state index contributed by atoms with van der Waals surface area (Å²) >= 11 is 0. The Bertz CT molecular complexity index is 940. The maximum Gasteiger partial charge on any atom is 0.169 e. The van der Waals surface area contributed by atoms with Gasteiger partial charge in [0.05, 0.1) is 24.5 Å². The lowest BCUT2D eigenvalue weighted by Gasteiger charge is -2.35. The van der Waals surface area contributed by atoms with Crippen molar-refractivity contribution in [1.29, 1.82) is 0 Å². The van der Waals surface area contributed by atoms with E-state index in [1.807, 2.05) is 72.2 Å². The summed E-state index contributed by atoms with van der Waals surface area (Å²) in [5.74, 6) is -0.0926. The number of nitrogens with zero attached hydrogens (tertiary/aromatic N) is 2. The molecule has 0 aromatic heterocycles. The van der Waals surface area contributed by atoms with Crippen LogP contribution in [0.25, 0.3) is 0 Å². The molecule has 0 unspecified atom stereocenters. The Labute approximate surface area is 196 Å². The zero-order chi connectivity index (χ0) is 23.8. The second kappa shape index (κ2) is 11.8. The van der Waals surface area contributed by atoms with Gasteiger partial charge in [0.2, 0.25) is 0 Å². The quantitative estimate of drug-likeness (QED) is 0.265. The molecule has 0 saturated carbocycles. The van der Waals surface area contributed by atoms with E-state index >= 15 is 0 Å². The molecule has 0 aliphatic rings. The molecule has 0 aliphatic carbocycles. The van der Waals surface area contributed by atoms with Crippen molar-refractivity contribution in [2.45, 2.75) is 32.3 Å². The summed E-state index contributed by atoms with van der Waals surface area (Å²) in [6.07, 6.45) is -2.99. The minimum atomic E-state index is -1.50. The van der Waals surface area contributed by atoms with E-state index in [9.17, 15) is 20.4 Å². The number of aliphatic hydroxyl groups excluding tert-OH is 2. The van der Waals surface area contributed by atoms with Crippen molar-refractivity contribution in [3.63, 3.8) is 0 Å². The predicted octanol–water partition coefficient (Wildman–Crippen LogP) is 3.14. The normalized spacial score (nSPS) is 11.4. The molecule has 0 radical (unpaired) electrons. The van der Waals surface area contributed by atoms with Crippen molar-refractivity contribution in [3.05, 3.63) is 95.6 Å². The molecule has 0 bridgehead atoms. The summed E-state index contributed by atoms with van der Waals surface area (Å²) in [6, 6.07) is 26.4. The second-order valence-electron chi connectivity index (χ2n) is 8.01. The van der Waals surface area contributed by atoms with E-state index in [0.29, 0.717) is 13.1 Å². The van der Waals surface area contributed by atoms with Crippen molar-refractivity contribution < 1.29 is 20.4 Å². The summed E-state index contributed by atoms with van der Waals surface area (Å²) in [5.41, 5.74) is 4.93. The molecule has 3 rings (SSSR count). The number of likely N-dealkylation sites (N-methyl/N-ethyl adjacent to an activating group) is 2. The zero-order valence-electron chi connectivity index (χ0n) is 19.2. The van der Waals surface area contributed by atoms with Gasteiger partial charge in [-0.3, -0.25) is 0 Å². The monoisotopic (exact) mass is 450 g/mol. The lowest BCUT2D eigenvalue weighted by molar-refractivity contribution is -0.0333. The molecular weight excluding hydrogens is 416 g/mol. The number of benzene rings is 3. The van der Waals surface area contributed by atoms with E-state index in [-0.39, 0.29) is 19.0 Å². The molecule has 33 heavy (non-hydrogen) atoms. The van der Waals surface area contributed by atoms with Crippen LogP contribution in [-0.4, -0.2) is 59.2 Å². The van der Waals surface area contributed by atoms with Crippen LogP contribution in [0.3, 0.4) is 0 Å². The van der Waals surface area contributed by atoms with Gasteiger partial charge in [0.1, 0.15) is 0 Å². The van der Waals surface area contributed by atoms with Gasteiger partial charge >= 0.3 is 0 Å². The van der Waals surface area contributed by atoms with Crippen LogP contribution in [0.2, 0.25) is 0 Å².